The maximum absolute atomic E-state index is 11.3. The summed E-state index contributed by atoms with van der Waals surface area (Å²) in [5, 5.41) is 8.40. The van der Waals surface area contributed by atoms with E-state index in [-0.39, 0.29) is 0 Å². The Morgan fingerprint density at radius 1 is 1.71 bits per heavy atom. The quantitative estimate of drug-likeness (QED) is 0.518. The molecule has 0 aliphatic rings. The number of nitrogens with two attached hydrogens (primary N) is 1. The van der Waals surface area contributed by atoms with Gasteiger partial charge in [-0.3, -0.25) is 0 Å². The van der Waals surface area contributed by atoms with Crippen molar-refractivity contribution >= 4 is 0 Å². The second-order valence-corrected chi connectivity index (χ2v) is 1.39. The highest BCUT2D eigenvalue weighted by molar-refractivity contribution is 4.50. The van der Waals surface area contributed by atoms with Crippen molar-refractivity contribution in [2.24, 2.45) is 5.73 Å². The molecule has 0 saturated carbocycles. The maximum Gasteiger partial charge on any atom is 0.115 e. The van der Waals surface area contributed by atoms with Crippen molar-refractivity contribution in [1.82, 2.24) is 0 Å². The van der Waals surface area contributed by atoms with E-state index in [9.17, 15) is 4.39 Å². The molecule has 2 nitrogen and oxygen atoms in total. The van der Waals surface area contributed by atoms with Crippen LogP contribution in [0.5, 0.6) is 0 Å². The number of aliphatic hydroxyl groups is 1. The fourth-order valence-corrected chi connectivity index (χ4v) is 0.270. The molecule has 0 amide bonds. The maximum atomic E-state index is 11.3. The van der Waals surface area contributed by atoms with E-state index < -0.39 is 12.8 Å². The molecule has 0 aromatic rings. The average molecular weight is 107 g/mol. The third kappa shape index (κ3) is 3.69. The molecule has 0 bridgehead atoms. The Bertz CT molecular complexity index is 42.7. The van der Waals surface area contributed by atoms with Crippen LogP contribution in [-0.4, -0.2) is 24.4 Å². The summed E-state index contributed by atoms with van der Waals surface area (Å²) >= 11 is 0. The molecular weight excluding hydrogens is 97.0 g/mol. The first-order valence-electron chi connectivity index (χ1n) is 2.25. The van der Waals surface area contributed by atoms with Crippen molar-refractivity contribution < 1.29 is 9.50 Å². The Morgan fingerprint density at radius 3 is 2.43 bits per heavy atom. The van der Waals surface area contributed by atoms with Crippen LogP contribution in [-0.2, 0) is 0 Å². The van der Waals surface area contributed by atoms with Gasteiger partial charge in [-0.1, -0.05) is 0 Å². The summed E-state index contributed by atoms with van der Waals surface area (Å²) in [5.41, 5.74) is 4.98. The van der Waals surface area contributed by atoms with Gasteiger partial charge in [-0.2, -0.15) is 0 Å². The lowest BCUT2D eigenvalue weighted by atomic mass is 10.3. The molecule has 0 radical (unpaired) electrons. The molecule has 0 unspecified atom stereocenters. The average Bonchev–Trinajstić information content (AvgIpc) is 1.68. The van der Waals surface area contributed by atoms with Gasteiger partial charge in [-0.15, -0.1) is 0 Å². The van der Waals surface area contributed by atoms with E-state index in [0.29, 0.717) is 13.0 Å². The Labute approximate surface area is 42.1 Å². The fraction of sp³-hybridized carbons (Fsp3) is 1.00. The first kappa shape index (κ1) is 6.85. The Balaban J connectivity index is 2.83. The second-order valence-electron chi connectivity index (χ2n) is 1.39. The molecule has 0 heterocycles. The van der Waals surface area contributed by atoms with Gasteiger partial charge in [0, 0.05) is 0 Å². The standard InChI is InChI=1S/C4H10FNO/c5-3-4(7)1-2-6/h4,7H,1-3,6H2/t4-/m0/s1. The highest BCUT2D eigenvalue weighted by Crippen LogP contribution is 1.87. The molecule has 7 heavy (non-hydrogen) atoms. The van der Waals surface area contributed by atoms with Crippen molar-refractivity contribution in [3.63, 3.8) is 0 Å². The van der Waals surface area contributed by atoms with Crippen molar-refractivity contribution in [2.75, 3.05) is 13.2 Å². The zero-order valence-electron chi connectivity index (χ0n) is 4.10. The van der Waals surface area contributed by atoms with Gasteiger partial charge in [0.15, 0.2) is 0 Å². The van der Waals surface area contributed by atoms with E-state index in [1.54, 1.807) is 0 Å². The molecule has 0 spiro atoms. The predicted octanol–water partition coefficient (Wildman–Crippen LogP) is -0.334. The minimum atomic E-state index is -0.843. The lowest BCUT2D eigenvalue weighted by molar-refractivity contribution is 0.133. The van der Waals surface area contributed by atoms with Crippen LogP contribution in [0.1, 0.15) is 6.42 Å². The van der Waals surface area contributed by atoms with Gasteiger partial charge in [-0.05, 0) is 13.0 Å². The molecule has 0 aliphatic carbocycles. The number of rotatable bonds is 3. The van der Waals surface area contributed by atoms with E-state index in [1.807, 2.05) is 0 Å². The Kier molecular flexibility index (Phi) is 3.93. The van der Waals surface area contributed by atoms with E-state index in [1.165, 1.54) is 0 Å². The summed E-state index contributed by atoms with van der Waals surface area (Å²) in [5.74, 6) is 0. The van der Waals surface area contributed by atoms with Gasteiger partial charge >= 0.3 is 0 Å². The molecule has 0 aromatic heterocycles. The molecule has 3 heteroatoms. The highest BCUT2D eigenvalue weighted by Gasteiger charge is 1.97. The third-order valence-corrected chi connectivity index (χ3v) is 0.678. The van der Waals surface area contributed by atoms with Crippen LogP contribution in [0.2, 0.25) is 0 Å². The molecule has 0 aromatic carbocycles. The van der Waals surface area contributed by atoms with E-state index in [2.05, 4.69) is 0 Å². The number of halogens is 1. The van der Waals surface area contributed by atoms with Gasteiger partial charge < -0.3 is 10.8 Å². The second kappa shape index (κ2) is 4.02. The molecule has 0 saturated heterocycles. The molecule has 0 aliphatic heterocycles. The summed E-state index contributed by atoms with van der Waals surface area (Å²) in [4.78, 5) is 0. The number of hydrogen-bond donors (Lipinski definition) is 2. The lowest BCUT2D eigenvalue weighted by Crippen LogP contribution is -2.14. The number of alkyl halides is 1. The van der Waals surface area contributed by atoms with E-state index in [0.717, 1.165) is 0 Å². The van der Waals surface area contributed by atoms with Gasteiger partial charge in [0.25, 0.3) is 0 Å². The first-order chi connectivity index (χ1) is 3.31. The summed E-state index contributed by atoms with van der Waals surface area (Å²) in [6.45, 7) is -0.331. The number of aliphatic hydroxyl groups excluding tert-OH is 1. The van der Waals surface area contributed by atoms with Crippen LogP contribution in [0, 0.1) is 0 Å². The van der Waals surface area contributed by atoms with Gasteiger partial charge in [-0.25, -0.2) is 4.39 Å². The van der Waals surface area contributed by atoms with Gasteiger partial charge in [0.2, 0.25) is 0 Å². The Morgan fingerprint density at radius 2 is 2.29 bits per heavy atom. The van der Waals surface area contributed by atoms with Crippen LogP contribution in [0.15, 0.2) is 0 Å². The Hall–Kier alpha value is -0.150. The van der Waals surface area contributed by atoms with Crippen LogP contribution < -0.4 is 5.73 Å². The highest BCUT2D eigenvalue weighted by atomic mass is 19.1. The summed E-state index contributed by atoms with van der Waals surface area (Å²) < 4.78 is 11.3. The van der Waals surface area contributed by atoms with Crippen molar-refractivity contribution in [3.8, 4) is 0 Å². The van der Waals surface area contributed by atoms with Crippen LogP contribution in [0.4, 0.5) is 4.39 Å². The number of hydrogen-bond acceptors (Lipinski definition) is 2. The fourth-order valence-electron chi connectivity index (χ4n) is 0.270. The zero-order chi connectivity index (χ0) is 5.70. The molecule has 0 fully saturated rings. The lowest BCUT2D eigenvalue weighted by Gasteiger charge is -1.99. The molecular formula is C4H10FNO. The summed E-state index contributed by atoms with van der Waals surface area (Å²) in [7, 11) is 0. The van der Waals surface area contributed by atoms with Gasteiger partial charge in [0.05, 0.1) is 6.10 Å². The zero-order valence-corrected chi connectivity index (χ0v) is 4.10. The van der Waals surface area contributed by atoms with Crippen LogP contribution in [0.3, 0.4) is 0 Å². The molecule has 1 atom stereocenters. The van der Waals surface area contributed by atoms with Crippen molar-refractivity contribution in [3.05, 3.63) is 0 Å². The van der Waals surface area contributed by atoms with E-state index >= 15 is 0 Å². The van der Waals surface area contributed by atoms with E-state index in [4.69, 9.17) is 10.8 Å². The molecule has 44 valence electrons. The summed E-state index contributed by atoms with van der Waals surface area (Å²) in [6.07, 6.45) is -0.485. The van der Waals surface area contributed by atoms with Crippen molar-refractivity contribution in [1.29, 1.82) is 0 Å². The first-order valence-corrected chi connectivity index (χ1v) is 2.25. The third-order valence-electron chi connectivity index (χ3n) is 0.678. The largest absolute Gasteiger partial charge is 0.390 e. The van der Waals surface area contributed by atoms with Gasteiger partial charge in [0.1, 0.15) is 6.67 Å². The topological polar surface area (TPSA) is 46.2 Å². The monoisotopic (exact) mass is 107 g/mol. The minimum Gasteiger partial charge on any atom is -0.390 e. The minimum absolute atomic E-state index is 0.352. The molecule has 3 N–H and O–H groups in total. The smallest absolute Gasteiger partial charge is 0.115 e. The van der Waals surface area contributed by atoms with Crippen molar-refractivity contribution in [2.45, 2.75) is 12.5 Å². The predicted molar refractivity (Wildman–Crippen MR) is 25.7 cm³/mol. The van der Waals surface area contributed by atoms with Crippen LogP contribution in [0.25, 0.3) is 0 Å². The normalized spacial score (nSPS) is 14.1. The van der Waals surface area contributed by atoms with Crippen LogP contribution >= 0.6 is 0 Å². The molecule has 0 rings (SSSR count). The summed E-state index contributed by atoms with van der Waals surface area (Å²) in [6, 6.07) is 0. The SMILES string of the molecule is NCC[C@H](O)CF.